The molecule has 11 heteroatoms. The van der Waals surface area contributed by atoms with Gasteiger partial charge in [0.05, 0.1) is 37.3 Å². The van der Waals surface area contributed by atoms with E-state index in [0.717, 1.165) is 4.68 Å². The van der Waals surface area contributed by atoms with Gasteiger partial charge in [0.15, 0.2) is 0 Å². The van der Waals surface area contributed by atoms with Crippen LogP contribution in [0.4, 0.5) is 5.69 Å². The molecule has 0 aliphatic heterocycles. The average Bonchev–Trinajstić information content (AvgIpc) is 3.34. The van der Waals surface area contributed by atoms with Crippen molar-refractivity contribution in [2.45, 2.75) is 0 Å². The van der Waals surface area contributed by atoms with E-state index in [-0.39, 0.29) is 55.4 Å². The van der Waals surface area contributed by atoms with E-state index < -0.39 is 16.5 Å². The molecule has 0 radical (unpaired) electrons. The molecule has 0 unspecified atom stereocenters. The van der Waals surface area contributed by atoms with Crippen LogP contribution < -0.4 is 16.1 Å². The van der Waals surface area contributed by atoms with Crippen LogP contribution in [0.5, 0.6) is 5.75 Å². The van der Waals surface area contributed by atoms with Crippen LogP contribution in [0.15, 0.2) is 57.7 Å². The number of aromatic amines is 1. The number of nitro groups is 1. The highest BCUT2D eigenvalue weighted by molar-refractivity contribution is 6.33. The van der Waals surface area contributed by atoms with Gasteiger partial charge in [-0.15, -0.1) is 0 Å². The Labute approximate surface area is 189 Å². The number of furan rings is 1. The fourth-order valence-electron chi connectivity index (χ4n) is 3.19. The first-order valence-electron chi connectivity index (χ1n) is 9.28. The first kappa shape index (κ1) is 21.7. The van der Waals surface area contributed by atoms with Crippen molar-refractivity contribution in [1.29, 1.82) is 0 Å². The van der Waals surface area contributed by atoms with Crippen molar-refractivity contribution in [3.63, 3.8) is 0 Å². The number of phenols is 1. The number of aromatic hydroxyl groups is 1. The Morgan fingerprint density at radius 3 is 2.67 bits per heavy atom. The van der Waals surface area contributed by atoms with Crippen molar-refractivity contribution < 1.29 is 24.3 Å². The van der Waals surface area contributed by atoms with Crippen LogP contribution in [-0.2, 0) is 0 Å². The fraction of sp³-hybridized carbons (Fsp3) is 0. The molecule has 0 aliphatic carbocycles. The van der Waals surface area contributed by atoms with Gasteiger partial charge >= 0.3 is 5.97 Å². The molecular formula is C22H14ClN3O7. The number of aromatic carboxylic acids is 1. The number of rotatable bonds is 5. The largest absolute Gasteiger partial charge is 0.507 e. The van der Waals surface area contributed by atoms with Gasteiger partial charge < -0.3 is 14.6 Å². The van der Waals surface area contributed by atoms with Crippen LogP contribution in [0.3, 0.4) is 0 Å². The minimum absolute atomic E-state index is 0.0278. The zero-order chi connectivity index (χ0) is 23.9. The summed E-state index contributed by atoms with van der Waals surface area (Å²) in [6, 6.07) is 10.6. The molecular weight excluding hydrogens is 454 g/mol. The highest BCUT2D eigenvalue weighted by atomic mass is 35.5. The topological polar surface area (TPSA) is 152 Å². The number of H-pyrrole nitrogens is 1. The molecule has 166 valence electrons. The maximum Gasteiger partial charge on any atom is 0.337 e. The van der Waals surface area contributed by atoms with Gasteiger partial charge in [-0.05, 0) is 42.5 Å². The number of non-ortho nitro benzene ring substituents is 1. The predicted octanol–water partition coefficient (Wildman–Crippen LogP) is 2.63. The molecule has 3 N–H and O–H groups in total. The number of hydrogen-bond donors (Lipinski definition) is 3. The van der Waals surface area contributed by atoms with Gasteiger partial charge in [-0.2, -0.15) is 0 Å². The van der Waals surface area contributed by atoms with Gasteiger partial charge in [-0.1, -0.05) is 18.2 Å². The summed E-state index contributed by atoms with van der Waals surface area (Å²) in [7, 11) is 0. The molecule has 0 spiro atoms. The van der Waals surface area contributed by atoms with Crippen LogP contribution in [0.1, 0.15) is 16.1 Å². The number of halogens is 1. The van der Waals surface area contributed by atoms with Gasteiger partial charge in [0.2, 0.25) is 0 Å². The molecule has 2 heterocycles. The fourth-order valence-corrected chi connectivity index (χ4v) is 3.39. The number of carboxylic acid groups (broad SMARTS) is 1. The third-order valence-electron chi connectivity index (χ3n) is 4.81. The number of benzene rings is 2. The summed E-state index contributed by atoms with van der Waals surface area (Å²) in [6.45, 7) is 3.80. The Hall–Kier alpha value is -4.57. The minimum Gasteiger partial charge on any atom is -0.507 e. The molecule has 4 rings (SSSR count). The van der Waals surface area contributed by atoms with Crippen molar-refractivity contribution in [2.24, 2.45) is 0 Å². The number of nitrogens with zero attached hydrogens (tertiary/aromatic N) is 2. The summed E-state index contributed by atoms with van der Waals surface area (Å²) in [6.07, 6.45) is 1.41. The van der Waals surface area contributed by atoms with E-state index in [1.165, 1.54) is 54.6 Å². The van der Waals surface area contributed by atoms with Crippen molar-refractivity contribution in [3.8, 4) is 22.8 Å². The lowest BCUT2D eigenvalue weighted by Gasteiger charge is -2.04. The smallest absolute Gasteiger partial charge is 0.337 e. The molecule has 0 fully saturated rings. The summed E-state index contributed by atoms with van der Waals surface area (Å²) in [5.41, 5.74) is -0.545. The van der Waals surface area contributed by atoms with Gasteiger partial charge in [0.1, 0.15) is 17.3 Å². The third-order valence-corrected chi connectivity index (χ3v) is 5.14. The SMILES string of the molecule is C=c1[nH]n(-c2ccc(Cl)c(C(=O)O)c2)c(=O)/c1=C\c1ccc(-c2cc([N+](=O)[O-])ccc2O)o1. The van der Waals surface area contributed by atoms with Crippen LogP contribution in [-0.4, -0.2) is 30.9 Å². The Morgan fingerprint density at radius 2 is 1.97 bits per heavy atom. The summed E-state index contributed by atoms with van der Waals surface area (Å²) in [5, 5.41) is 33.5. The van der Waals surface area contributed by atoms with E-state index in [9.17, 15) is 29.9 Å². The molecule has 0 saturated heterocycles. The Balaban J connectivity index is 1.78. The van der Waals surface area contributed by atoms with E-state index in [2.05, 4.69) is 11.7 Å². The monoisotopic (exact) mass is 467 g/mol. The second kappa shape index (κ2) is 8.17. The zero-order valence-electron chi connectivity index (χ0n) is 16.6. The quantitative estimate of drug-likeness (QED) is 0.301. The van der Waals surface area contributed by atoms with Crippen LogP contribution >= 0.6 is 11.6 Å². The molecule has 2 aromatic heterocycles. The Kier molecular flexibility index (Phi) is 5.36. The molecule has 0 aliphatic rings. The summed E-state index contributed by atoms with van der Waals surface area (Å²) >= 11 is 5.89. The molecule has 0 atom stereocenters. The maximum atomic E-state index is 12.9. The van der Waals surface area contributed by atoms with Crippen molar-refractivity contribution in [1.82, 2.24) is 9.78 Å². The molecule has 0 amide bonds. The summed E-state index contributed by atoms with van der Waals surface area (Å²) < 4.78 is 6.78. The summed E-state index contributed by atoms with van der Waals surface area (Å²) in [5.74, 6) is -1.06. The lowest BCUT2D eigenvalue weighted by Crippen LogP contribution is -2.33. The number of nitro benzene ring substituents is 1. The number of nitrogens with one attached hydrogen (secondary N) is 1. The molecule has 0 saturated carbocycles. The van der Waals surface area contributed by atoms with E-state index >= 15 is 0 Å². The van der Waals surface area contributed by atoms with Gasteiger partial charge in [-0.25, -0.2) is 9.48 Å². The standard InChI is InChI=1S/C22H14ClN3O7/c1-11-15(21(28)25(24-11)12-2-5-18(23)16(8-12)22(29)30)10-14-4-7-20(33-14)17-9-13(26(31)32)3-6-19(17)27/h2-10,24,27H,1H2,(H,29,30)/b15-10-. The van der Waals surface area contributed by atoms with Crippen LogP contribution in [0.2, 0.25) is 5.02 Å². The summed E-state index contributed by atoms with van der Waals surface area (Å²) in [4.78, 5) is 34.7. The van der Waals surface area contributed by atoms with Crippen molar-refractivity contribution >= 4 is 35.9 Å². The lowest BCUT2D eigenvalue weighted by molar-refractivity contribution is -0.384. The number of phenolic OH excluding ortho intramolecular Hbond substituents is 1. The van der Waals surface area contributed by atoms with E-state index in [1.54, 1.807) is 0 Å². The van der Waals surface area contributed by atoms with Gasteiger partial charge in [0, 0.05) is 12.1 Å². The third kappa shape index (κ3) is 4.02. The number of aromatic nitrogens is 2. The number of carbonyl (C=O) groups is 1. The number of hydrogen-bond acceptors (Lipinski definition) is 6. The molecule has 33 heavy (non-hydrogen) atoms. The molecule has 2 aromatic carbocycles. The van der Waals surface area contributed by atoms with Crippen molar-refractivity contribution in [3.05, 3.63) is 95.9 Å². The number of carboxylic acids is 1. The van der Waals surface area contributed by atoms with E-state index in [0.29, 0.717) is 0 Å². The molecule has 10 nitrogen and oxygen atoms in total. The second-order valence-electron chi connectivity index (χ2n) is 6.92. The highest BCUT2D eigenvalue weighted by Gasteiger charge is 2.16. The molecule has 0 bridgehead atoms. The van der Waals surface area contributed by atoms with Gasteiger partial charge in [0.25, 0.3) is 11.2 Å². The minimum atomic E-state index is -1.24. The highest BCUT2D eigenvalue weighted by Crippen LogP contribution is 2.33. The lowest BCUT2D eigenvalue weighted by atomic mass is 10.1. The van der Waals surface area contributed by atoms with Crippen molar-refractivity contribution in [2.75, 3.05) is 0 Å². The van der Waals surface area contributed by atoms with Gasteiger partial charge in [-0.3, -0.25) is 20.0 Å². The van der Waals surface area contributed by atoms with Crippen LogP contribution in [0.25, 0.3) is 29.7 Å². The second-order valence-corrected chi connectivity index (χ2v) is 7.33. The first-order valence-corrected chi connectivity index (χ1v) is 9.66. The maximum absolute atomic E-state index is 12.9. The normalized spacial score (nSPS) is 11.6. The van der Waals surface area contributed by atoms with Crippen LogP contribution in [0, 0.1) is 10.1 Å². The predicted molar refractivity (Wildman–Crippen MR) is 119 cm³/mol. The Bertz CT molecular complexity index is 1600. The van der Waals surface area contributed by atoms with E-state index in [1.807, 2.05) is 0 Å². The first-order chi connectivity index (χ1) is 15.7. The average molecular weight is 468 g/mol. The van der Waals surface area contributed by atoms with E-state index in [4.69, 9.17) is 16.0 Å². The molecule has 4 aromatic rings. The Morgan fingerprint density at radius 1 is 1.21 bits per heavy atom. The zero-order valence-corrected chi connectivity index (χ0v) is 17.4.